The molecule has 0 unspecified atom stereocenters. The number of benzene rings is 2. The Hall–Kier alpha value is -1.86. The third kappa shape index (κ3) is 2.98. The SMILES string of the molecule is CCc1cc(Br)ccc1NS(=O)(=O)c1c2ccccc2nn1C. The number of sulfonamides is 1. The highest BCUT2D eigenvalue weighted by atomic mass is 79.9. The molecule has 7 heteroatoms. The molecule has 1 heterocycles. The van der Waals surface area contributed by atoms with Gasteiger partial charge in [0.05, 0.1) is 11.2 Å². The summed E-state index contributed by atoms with van der Waals surface area (Å²) in [5, 5.41) is 5.04. The molecule has 1 aromatic heterocycles. The van der Waals surface area contributed by atoms with Gasteiger partial charge >= 0.3 is 0 Å². The topological polar surface area (TPSA) is 64.0 Å². The molecule has 0 aliphatic carbocycles. The maximum atomic E-state index is 12.9. The van der Waals surface area contributed by atoms with Gasteiger partial charge in [-0.2, -0.15) is 13.5 Å². The zero-order valence-electron chi connectivity index (χ0n) is 12.7. The van der Waals surface area contributed by atoms with Crippen LogP contribution in [-0.2, 0) is 23.5 Å². The summed E-state index contributed by atoms with van der Waals surface area (Å²) < 4.78 is 30.7. The Balaban J connectivity index is 2.10. The van der Waals surface area contributed by atoms with Crippen molar-refractivity contribution in [3.8, 4) is 0 Å². The first-order chi connectivity index (χ1) is 10.9. The van der Waals surface area contributed by atoms with E-state index in [0.29, 0.717) is 16.6 Å². The normalized spacial score (nSPS) is 11.8. The Labute approximate surface area is 143 Å². The third-order valence-corrected chi connectivity index (χ3v) is 5.61. The molecule has 0 aliphatic rings. The van der Waals surface area contributed by atoms with Gasteiger partial charge in [-0.1, -0.05) is 35.0 Å². The highest BCUT2D eigenvalue weighted by molar-refractivity contribution is 9.10. The van der Waals surface area contributed by atoms with E-state index in [1.807, 2.05) is 25.1 Å². The lowest BCUT2D eigenvalue weighted by Gasteiger charge is -2.12. The molecule has 0 radical (unpaired) electrons. The van der Waals surface area contributed by atoms with E-state index in [4.69, 9.17) is 0 Å². The van der Waals surface area contributed by atoms with Crippen LogP contribution in [0.4, 0.5) is 5.69 Å². The van der Waals surface area contributed by atoms with Crippen LogP contribution < -0.4 is 4.72 Å². The fourth-order valence-electron chi connectivity index (χ4n) is 2.59. The van der Waals surface area contributed by atoms with Crippen LogP contribution in [0.1, 0.15) is 12.5 Å². The molecule has 2 aromatic carbocycles. The van der Waals surface area contributed by atoms with E-state index < -0.39 is 10.0 Å². The first-order valence-electron chi connectivity index (χ1n) is 7.15. The molecule has 0 bridgehead atoms. The minimum Gasteiger partial charge on any atom is -0.278 e. The van der Waals surface area contributed by atoms with Gasteiger partial charge in [0.25, 0.3) is 10.0 Å². The lowest BCUT2D eigenvalue weighted by Crippen LogP contribution is -2.17. The molecule has 0 aliphatic heterocycles. The summed E-state index contributed by atoms with van der Waals surface area (Å²) in [4.78, 5) is 0. The molecule has 1 N–H and O–H groups in total. The number of nitrogens with zero attached hydrogens (tertiary/aromatic N) is 2. The number of aromatic nitrogens is 2. The molecular weight excluding hydrogens is 378 g/mol. The largest absolute Gasteiger partial charge is 0.279 e. The van der Waals surface area contributed by atoms with Gasteiger partial charge in [-0.05, 0) is 42.3 Å². The van der Waals surface area contributed by atoms with E-state index >= 15 is 0 Å². The molecule has 0 spiro atoms. The number of anilines is 1. The van der Waals surface area contributed by atoms with Crippen molar-refractivity contribution in [2.75, 3.05) is 4.72 Å². The molecule has 3 aromatic rings. The predicted octanol–water partition coefficient (Wildman–Crippen LogP) is 3.70. The summed E-state index contributed by atoms with van der Waals surface area (Å²) in [5.41, 5.74) is 2.16. The number of fused-ring (bicyclic) bond motifs is 1. The van der Waals surface area contributed by atoms with Crippen molar-refractivity contribution >= 4 is 42.5 Å². The van der Waals surface area contributed by atoms with Gasteiger partial charge in [-0.25, -0.2) is 0 Å². The molecule has 0 saturated heterocycles. The fraction of sp³-hybridized carbons (Fsp3) is 0.188. The second-order valence-electron chi connectivity index (χ2n) is 5.21. The van der Waals surface area contributed by atoms with E-state index in [-0.39, 0.29) is 5.03 Å². The number of aryl methyl sites for hydroxylation is 2. The summed E-state index contributed by atoms with van der Waals surface area (Å²) in [6.07, 6.45) is 0.726. The first kappa shape index (κ1) is 16.0. The average molecular weight is 394 g/mol. The number of hydrogen-bond acceptors (Lipinski definition) is 3. The Morgan fingerprint density at radius 3 is 2.70 bits per heavy atom. The van der Waals surface area contributed by atoms with Crippen molar-refractivity contribution in [1.82, 2.24) is 9.78 Å². The van der Waals surface area contributed by atoms with Crippen molar-refractivity contribution in [2.24, 2.45) is 7.05 Å². The minimum atomic E-state index is -3.74. The quantitative estimate of drug-likeness (QED) is 0.734. The Kier molecular flexibility index (Phi) is 4.16. The van der Waals surface area contributed by atoms with Crippen LogP contribution >= 0.6 is 15.9 Å². The van der Waals surface area contributed by atoms with E-state index in [1.54, 1.807) is 31.3 Å². The lowest BCUT2D eigenvalue weighted by molar-refractivity contribution is 0.584. The van der Waals surface area contributed by atoms with Gasteiger partial charge < -0.3 is 0 Å². The summed E-state index contributed by atoms with van der Waals surface area (Å²) in [6, 6.07) is 12.7. The second-order valence-corrected chi connectivity index (χ2v) is 7.72. The van der Waals surface area contributed by atoms with E-state index in [2.05, 4.69) is 25.8 Å². The molecular formula is C16H16BrN3O2S. The van der Waals surface area contributed by atoms with Gasteiger partial charge in [0, 0.05) is 16.9 Å². The number of hydrogen-bond donors (Lipinski definition) is 1. The molecule has 0 saturated carbocycles. The first-order valence-corrected chi connectivity index (χ1v) is 9.43. The van der Waals surface area contributed by atoms with E-state index in [1.165, 1.54) is 4.68 Å². The highest BCUT2D eigenvalue weighted by Crippen LogP contribution is 2.27. The Morgan fingerprint density at radius 1 is 1.22 bits per heavy atom. The zero-order chi connectivity index (χ0) is 16.6. The van der Waals surface area contributed by atoms with Crippen LogP contribution in [0.5, 0.6) is 0 Å². The van der Waals surface area contributed by atoms with E-state index in [0.717, 1.165) is 16.5 Å². The Morgan fingerprint density at radius 2 is 1.96 bits per heavy atom. The monoisotopic (exact) mass is 393 g/mol. The van der Waals surface area contributed by atoms with Gasteiger partial charge in [0.2, 0.25) is 0 Å². The smallest absolute Gasteiger partial charge is 0.278 e. The maximum absolute atomic E-state index is 12.9. The summed E-state index contributed by atoms with van der Waals surface area (Å²) >= 11 is 3.41. The maximum Gasteiger partial charge on any atom is 0.279 e. The molecule has 3 rings (SSSR count). The molecule has 0 atom stereocenters. The van der Waals surface area contributed by atoms with Crippen LogP contribution in [0.15, 0.2) is 52.0 Å². The predicted molar refractivity (Wildman–Crippen MR) is 95.0 cm³/mol. The summed E-state index contributed by atoms with van der Waals surface area (Å²) in [6.45, 7) is 1.99. The number of halogens is 1. The van der Waals surface area contributed by atoms with Crippen molar-refractivity contribution in [2.45, 2.75) is 18.4 Å². The van der Waals surface area contributed by atoms with Crippen LogP contribution in [0, 0.1) is 0 Å². The number of rotatable bonds is 4. The fourth-order valence-corrected chi connectivity index (χ4v) is 4.43. The van der Waals surface area contributed by atoms with Crippen molar-refractivity contribution in [1.29, 1.82) is 0 Å². The van der Waals surface area contributed by atoms with Gasteiger partial charge in [0.1, 0.15) is 0 Å². The standard InChI is InChI=1S/C16H16BrN3O2S/c1-3-11-10-12(17)8-9-14(11)19-23(21,22)16-13-6-4-5-7-15(13)18-20(16)2/h4-10,19H,3H2,1-2H3. The van der Waals surface area contributed by atoms with Gasteiger partial charge in [-0.15, -0.1) is 0 Å². The van der Waals surface area contributed by atoms with Gasteiger partial charge in [0.15, 0.2) is 5.03 Å². The average Bonchev–Trinajstić information content (AvgIpc) is 2.85. The van der Waals surface area contributed by atoms with Crippen LogP contribution in [0.25, 0.3) is 10.9 Å². The second kappa shape index (κ2) is 5.98. The minimum absolute atomic E-state index is 0.165. The van der Waals surface area contributed by atoms with Crippen LogP contribution in [-0.4, -0.2) is 18.2 Å². The molecule has 0 fully saturated rings. The zero-order valence-corrected chi connectivity index (χ0v) is 15.1. The third-order valence-electron chi connectivity index (χ3n) is 3.63. The highest BCUT2D eigenvalue weighted by Gasteiger charge is 2.23. The van der Waals surface area contributed by atoms with Crippen molar-refractivity contribution in [3.05, 3.63) is 52.5 Å². The molecule has 5 nitrogen and oxygen atoms in total. The molecule has 0 amide bonds. The summed E-state index contributed by atoms with van der Waals surface area (Å²) in [7, 11) is -2.10. The van der Waals surface area contributed by atoms with Crippen molar-refractivity contribution in [3.63, 3.8) is 0 Å². The van der Waals surface area contributed by atoms with Gasteiger partial charge in [-0.3, -0.25) is 9.40 Å². The number of nitrogens with one attached hydrogen (secondary N) is 1. The Bertz CT molecular complexity index is 980. The van der Waals surface area contributed by atoms with E-state index in [9.17, 15) is 8.42 Å². The molecule has 23 heavy (non-hydrogen) atoms. The summed E-state index contributed by atoms with van der Waals surface area (Å²) in [5.74, 6) is 0. The lowest BCUT2D eigenvalue weighted by atomic mass is 10.1. The van der Waals surface area contributed by atoms with Crippen molar-refractivity contribution < 1.29 is 8.42 Å². The van der Waals surface area contributed by atoms with Crippen LogP contribution in [0.3, 0.4) is 0 Å². The molecule has 120 valence electrons. The van der Waals surface area contributed by atoms with Crippen LogP contribution in [0.2, 0.25) is 0 Å².